The molecular formula is C11H19N3. The molecule has 0 aliphatic heterocycles. The summed E-state index contributed by atoms with van der Waals surface area (Å²) in [5.41, 5.74) is 7.38. The average molecular weight is 193 g/mol. The molecule has 78 valence electrons. The number of nitrogens with zero attached hydrogens (tertiary/aromatic N) is 2. The lowest BCUT2D eigenvalue weighted by Gasteiger charge is -2.29. The van der Waals surface area contributed by atoms with Crippen molar-refractivity contribution in [2.45, 2.75) is 51.1 Å². The lowest BCUT2D eigenvalue weighted by molar-refractivity contribution is 0.376. The Hall–Kier alpha value is -0.830. The second kappa shape index (κ2) is 2.83. The van der Waals surface area contributed by atoms with Crippen LogP contribution < -0.4 is 5.73 Å². The van der Waals surface area contributed by atoms with Gasteiger partial charge in [0.15, 0.2) is 0 Å². The minimum Gasteiger partial charge on any atom is -0.324 e. The van der Waals surface area contributed by atoms with Gasteiger partial charge >= 0.3 is 0 Å². The summed E-state index contributed by atoms with van der Waals surface area (Å²) < 4.78 is 1.96. The van der Waals surface area contributed by atoms with Crippen molar-refractivity contribution in [1.29, 1.82) is 0 Å². The van der Waals surface area contributed by atoms with Crippen molar-refractivity contribution in [3.63, 3.8) is 0 Å². The van der Waals surface area contributed by atoms with E-state index in [0.717, 1.165) is 25.1 Å². The van der Waals surface area contributed by atoms with Gasteiger partial charge in [0.25, 0.3) is 0 Å². The maximum absolute atomic E-state index is 6.26. The summed E-state index contributed by atoms with van der Waals surface area (Å²) in [4.78, 5) is 0. The van der Waals surface area contributed by atoms with E-state index in [4.69, 9.17) is 5.73 Å². The molecule has 1 saturated carbocycles. The van der Waals surface area contributed by atoms with E-state index in [1.165, 1.54) is 0 Å². The van der Waals surface area contributed by atoms with Gasteiger partial charge in [0.05, 0.1) is 5.69 Å². The first-order valence-electron chi connectivity index (χ1n) is 5.32. The molecule has 0 radical (unpaired) electrons. The number of aryl methyl sites for hydroxylation is 1. The Labute approximate surface area is 85.3 Å². The number of rotatable bonds is 3. The van der Waals surface area contributed by atoms with E-state index in [9.17, 15) is 0 Å². The van der Waals surface area contributed by atoms with Crippen molar-refractivity contribution in [3.8, 4) is 0 Å². The summed E-state index contributed by atoms with van der Waals surface area (Å²) in [6, 6.07) is 2.09. The lowest BCUT2D eigenvalue weighted by Crippen LogP contribution is -2.43. The van der Waals surface area contributed by atoms with Crippen LogP contribution in [-0.2, 0) is 12.0 Å². The highest BCUT2D eigenvalue weighted by molar-refractivity contribution is 5.26. The van der Waals surface area contributed by atoms with Gasteiger partial charge in [-0.1, -0.05) is 13.8 Å². The molecule has 0 unspecified atom stereocenters. The Morgan fingerprint density at radius 3 is 2.64 bits per heavy atom. The van der Waals surface area contributed by atoms with Crippen LogP contribution in [-0.4, -0.2) is 15.3 Å². The van der Waals surface area contributed by atoms with Gasteiger partial charge in [-0.15, -0.1) is 0 Å². The largest absolute Gasteiger partial charge is 0.324 e. The first kappa shape index (κ1) is 9.71. The molecular weight excluding hydrogens is 174 g/mol. The second-order valence-corrected chi connectivity index (χ2v) is 4.84. The summed E-state index contributed by atoms with van der Waals surface area (Å²) in [5.74, 6) is 0. The number of hydrogen-bond acceptors (Lipinski definition) is 2. The molecule has 0 bridgehead atoms. The Bertz CT molecular complexity index is 334. The van der Waals surface area contributed by atoms with E-state index in [2.05, 4.69) is 31.9 Å². The number of nitrogens with two attached hydrogens (primary N) is 1. The van der Waals surface area contributed by atoms with Crippen LogP contribution in [0, 0.1) is 0 Å². The van der Waals surface area contributed by atoms with Gasteiger partial charge in [-0.3, -0.25) is 4.68 Å². The summed E-state index contributed by atoms with van der Waals surface area (Å²) in [5, 5.41) is 4.54. The smallest absolute Gasteiger partial charge is 0.0699 e. The third kappa shape index (κ3) is 1.27. The van der Waals surface area contributed by atoms with Crippen molar-refractivity contribution in [2.24, 2.45) is 5.73 Å². The van der Waals surface area contributed by atoms with E-state index in [0.29, 0.717) is 0 Å². The highest BCUT2D eigenvalue weighted by atomic mass is 15.3. The lowest BCUT2D eigenvalue weighted by atomic mass is 9.79. The van der Waals surface area contributed by atoms with Gasteiger partial charge in [0, 0.05) is 23.7 Å². The molecule has 0 saturated heterocycles. The maximum Gasteiger partial charge on any atom is 0.0699 e. The van der Waals surface area contributed by atoms with E-state index in [1.54, 1.807) is 0 Å². The minimum absolute atomic E-state index is 0.00736. The third-order valence-electron chi connectivity index (χ3n) is 3.64. The molecule has 1 aliphatic carbocycles. The molecule has 0 atom stereocenters. The standard InChI is InChI=1S/C11H19N3/c1-4-14-8-5-9(13-14)10(2,3)11(12)6-7-11/h5,8H,4,6-7,12H2,1-3H3. The van der Waals surface area contributed by atoms with Crippen LogP contribution in [0.15, 0.2) is 12.3 Å². The van der Waals surface area contributed by atoms with E-state index < -0.39 is 0 Å². The fourth-order valence-electron chi connectivity index (χ4n) is 1.89. The summed E-state index contributed by atoms with van der Waals surface area (Å²) in [6.45, 7) is 7.41. The number of aromatic nitrogens is 2. The Morgan fingerprint density at radius 2 is 2.21 bits per heavy atom. The molecule has 3 nitrogen and oxygen atoms in total. The first-order valence-corrected chi connectivity index (χ1v) is 5.32. The molecule has 1 aliphatic rings. The third-order valence-corrected chi connectivity index (χ3v) is 3.64. The first-order chi connectivity index (χ1) is 6.49. The number of hydrogen-bond donors (Lipinski definition) is 1. The molecule has 1 heterocycles. The van der Waals surface area contributed by atoms with Crippen LogP contribution >= 0.6 is 0 Å². The topological polar surface area (TPSA) is 43.8 Å². The van der Waals surface area contributed by atoms with Crippen LogP contribution in [0.25, 0.3) is 0 Å². The van der Waals surface area contributed by atoms with Crippen molar-refractivity contribution in [2.75, 3.05) is 0 Å². The molecule has 1 aromatic heterocycles. The zero-order valence-electron chi connectivity index (χ0n) is 9.25. The van der Waals surface area contributed by atoms with Gasteiger partial charge in [0.2, 0.25) is 0 Å². The zero-order valence-corrected chi connectivity index (χ0v) is 9.25. The highest BCUT2D eigenvalue weighted by Gasteiger charge is 2.52. The van der Waals surface area contributed by atoms with E-state index >= 15 is 0 Å². The Morgan fingerprint density at radius 1 is 1.57 bits per heavy atom. The summed E-state index contributed by atoms with van der Waals surface area (Å²) >= 11 is 0. The fraction of sp³-hybridized carbons (Fsp3) is 0.727. The zero-order chi connectivity index (χ0) is 10.4. The summed E-state index contributed by atoms with van der Waals surface area (Å²) in [6.07, 6.45) is 4.28. The molecule has 0 spiro atoms. The molecule has 3 heteroatoms. The second-order valence-electron chi connectivity index (χ2n) is 4.84. The van der Waals surface area contributed by atoms with E-state index in [1.807, 2.05) is 10.9 Å². The Kier molecular flexibility index (Phi) is 1.96. The van der Waals surface area contributed by atoms with Crippen molar-refractivity contribution < 1.29 is 0 Å². The van der Waals surface area contributed by atoms with Crippen LogP contribution in [0.4, 0.5) is 0 Å². The molecule has 1 aromatic rings. The summed E-state index contributed by atoms with van der Waals surface area (Å²) in [7, 11) is 0. The average Bonchev–Trinajstić information content (AvgIpc) is 2.73. The molecule has 1 fully saturated rings. The van der Waals surface area contributed by atoms with Gasteiger partial charge in [0.1, 0.15) is 0 Å². The van der Waals surface area contributed by atoms with Crippen LogP contribution in [0.2, 0.25) is 0 Å². The Balaban J connectivity index is 2.29. The SMILES string of the molecule is CCn1ccc(C(C)(C)C2(N)CC2)n1. The maximum atomic E-state index is 6.26. The molecule has 0 aromatic carbocycles. The molecule has 2 N–H and O–H groups in total. The fourth-order valence-corrected chi connectivity index (χ4v) is 1.89. The van der Waals surface area contributed by atoms with Gasteiger partial charge in [-0.2, -0.15) is 5.10 Å². The van der Waals surface area contributed by atoms with Crippen LogP contribution in [0.3, 0.4) is 0 Å². The predicted octanol–water partition coefficient (Wildman–Crippen LogP) is 1.67. The van der Waals surface area contributed by atoms with E-state index in [-0.39, 0.29) is 11.0 Å². The van der Waals surface area contributed by atoms with Crippen LogP contribution in [0.5, 0.6) is 0 Å². The highest BCUT2D eigenvalue weighted by Crippen LogP contribution is 2.48. The van der Waals surface area contributed by atoms with Gasteiger partial charge < -0.3 is 5.73 Å². The van der Waals surface area contributed by atoms with Crippen molar-refractivity contribution in [1.82, 2.24) is 9.78 Å². The van der Waals surface area contributed by atoms with Gasteiger partial charge in [-0.25, -0.2) is 0 Å². The quantitative estimate of drug-likeness (QED) is 0.793. The monoisotopic (exact) mass is 193 g/mol. The molecule has 0 amide bonds. The predicted molar refractivity (Wildman–Crippen MR) is 57.1 cm³/mol. The molecule has 2 rings (SSSR count). The van der Waals surface area contributed by atoms with Gasteiger partial charge in [-0.05, 0) is 25.8 Å². The van der Waals surface area contributed by atoms with Crippen LogP contribution in [0.1, 0.15) is 39.3 Å². The normalized spacial score (nSPS) is 19.7. The van der Waals surface area contributed by atoms with Crippen molar-refractivity contribution >= 4 is 0 Å². The van der Waals surface area contributed by atoms with Crippen molar-refractivity contribution in [3.05, 3.63) is 18.0 Å². The minimum atomic E-state index is -0.0140. The molecule has 14 heavy (non-hydrogen) atoms.